The quantitative estimate of drug-likeness (QED) is 0.676. The first kappa shape index (κ1) is 12.0. The number of ether oxygens (including phenoxy) is 1. The van der Waals surface area contributed by atoms with E-state index >= 15 is 0 Å². The van der Waals surface area contributed by atoms with Crippen molar-refractivity contribution in [2.24, 2.45) is 0 Å². The molecule has 0 unspecified atom stereocenters. The van der Waals surface area contributed by atoms with Gasteiger partial charge in [0.1, 0.15) is 5.75 Å². The first-order chi connectivity index (χ1) is 8.00. The first-order valence-corrected chi connectivity index (χ1v) is 6.72. The van der Waals surface area contributed by atoms with Gasteiger partial charge >= 0.3 is 0 Å². The van der Waals surface area contributed by atoms with E-state index in [1.807, 2.05) is 0 Å². The summed E-state index contributed by atoms with van der Waals surface area (Å²) < 4.78 is 33.4. The fourth-order valence-electron chi connectivity index (χ4n) is 1.40. The number of methoxy groups -OCH3 is 1. The second-order valence-electron chi connectivity index (χ2n) is 3.96. The van der Waals surface area contributed by atoms with Gasteiger partial charge in [0.05, 0.1) is 12.8 Å². The van der Waals surface area contributed by atoms with Gasteiger partial charge in [0.15, 0.2) is 0 Å². The van der Waals surface area contributed by atoms with Crippen molar-refractivity contribution in [3.05, 3.63) is 18.2 Å². The van der Waals surface area contributed by atoms with Crippen LogP contribution in [0.1, 0.15) is 12.8 Å². The van der Waals surface area contributed by atoms with Crippen LogP contribution in [-0.4, -0.2) is 21.6 Å². The normalized spacial score (nSPS) is 15.6. The van der Waals surface area contributed by atoms with Crippen LogP contribution in [0.5, 0.6) is 5.75 Å². The van der Waals surface area contributed by atoms with Crippen LogP contribution in [0.2, 0.25) is 0 Å². The Balaban J connectivity index is 2.18. The summed E-state index contributed by atoms with van der Waals surface area (Å²) in [5.74, 6) is 0.431. The van der Waals surface area contributed by atoms with Gasteiger partial charge in [-0.05, 0) is 31.0 Å². The van der Waals surface area contributed by atoms with Crippen molar-refractivity contribution in [1.82, 2.24) is 4.72 Å². The highest BCUT2D eigenvalue weighted by atomic mass is 32.2. The number of nitrogens with one attached hydrogen (secondary N) is 2. The van der Waals surface area contributed by atoms with Crippen LogP contribution in [0, 0.1) is 0 Å². The number of hydrogen-bond donors (Lipinski definition) is 3. The summed E-state index contributed by atoms with van der Waals surface area (Å²) >= 11 is 0. The summed E-state index contributed by atoms with van der Waals surface area (Å²) in [5.41, 5.74) is 6.41. The van der Waals surface area contributed by atoms with Gasteiger partial charge in [-0.25, -0.2) is 0 Å². The van der Waals surface area contributed by atoms with Crippen LogP contribution >= 0.6 is 0 Å². The smallest absolute Gasteiger partial charge is 0.299 e. The zero-order valence-corrected chi connectivity index (χ0v) is 10.3. The fraction of sp³-hybridized carbons (Fsp3) is 0.400. The average molecular weight is 257 g/mol. The summed E-state index contributed by atoms with van der Waals surface area (Å²) in [4.78, 5) is 0. The summed E-state index contributed by atoms with van der Waals surface area (Å²) in [7, 11) is -2.09. The third-order valence-electron chi connectivity index (χ3n) is 2.37. The Hall–Kier alpha value is -1.47. The molecule has 1 aliphatic rings. The van der Waals surface area contributed by atoms with Gasteiger partial charge in [0, 0.05) is 11.7 Å². The van der Waals surface area contributed by atoms with Crippen LogP contribution in [0.15, 0.2) is 18.2 Å². The minimum Gasteiger partial charge on any atom is -0.495 e. The van der Waals surface area contributed by atoms with Crippen molar-refractivity contribution in [3.63, 3.8) is 0 Å². The molecule has 1 aromatic rings. The molecule has 2 rings (SSSR count). The zero-order valence-electron chi connectivity index (χ0n) is 9.43. The SMILES string of the molecule is COc1ccc(N)cc1NS(=O)(=O)NC1CC1. The van der Waals surface area contributed by atoms with Gasteiger partial charge < -0.3 is 10.5 Å². The van der Waals surface area contributed by atoms with E-state index in [1.54, 1.807) is 12.1 Å². The van der Waals surface area contributed by atoms with E-state index in [4.69, 9.17) is 10.5 Å². The molecule has 0 saturated heterocycles. The molecular weight excluding hydrogens is 242 g/mol. The Morgan fingerprint density at radius 1 is 1.41 bits per heavy atom. The van der Waals surface area contributed by atoms with Crippen molar-refractivity contribution in [2.75, 3.05) is 17.6 Å². The molecule has 4 N–H and O–H groups in total. The second kappa shape index (κ2) is 4.42. The number of nitrogen functional groups attached to an aromatic ring is 1. The molecule has 0 bridgehead atoms. The number of hydrogen-bond acceptors (Lipinski definition) is 4. The Bertz CT molecular complexity index is 512. The van der Waals surface area contributed by atoms with E-state index in [1.165, 1.54) is 13.2 Å². The minimum atomic E-state index is -3.56. The monoisotopic (exact) mass is 257 g/mol. The molecule has 1 fully saturated rings. The molecule has 0 radical (unpaired) electrons. The van der Waals surface area contributed by atoms with Gasteiger partial charge in [-0.15, -0.1) is 0 Å². The molecule has 0 spiro atoms. The molecule has 6 nitrogen and oxygen atoms in total. The maximum Gasteiger partial charge on any atom is 0.299 e. The van der Waals surface area contributed by atoms with Crippen LogP contribution in [0.3, 0.4) is 0 Å². The highest BCUT2D eigenvalue weighted by Gasteiger charge is 2.27. The third-order valence-corrected chi connectivity index (χ3v) is 3.50. The van der Waals surface area contributed by atoms with Gasteiger partial charge in [-0.1, -0.05) is 0 Å². The van der Waals surface area contributed by atoms with E-state index in [2.05, 4.69) is 9.44 Å². The van der Waals surface area contributed by atoms with E-state index in [-0.39, 0.29) is 6.04 Å². The van der Waals surface area contributed by atoms with Crippen LogP contribution < -0.4 is 19.9 Å². The summed E-state index contributed by atoms with van der Waals surface area (Å²) in [6.45, 7) is 0. The Kier molecular flexibility index (Phi) is 3.12. The van der Waals surface area contributed by atoms with Gasteiger partial charge in [0.25, 0.3) is 10.2 Å². The predicted molar refractivity (Wildman–Crippen MR) is 66.1 cm³/mol. The zero-order chi connectivity index (χ0) is 12.5. The van der Waals surface area contributed by atoms with E-state index < -0.39 is 10.2 Å². The molecule has 0 amide bonds. The van der Waals surface area contributed by atoms with Crippen LogP contribution in [0.4, 0.5) is 11.4 Å². The van der Waals surface area contributed by atoms with Crippen molar-refractivity contribution in [3.8, 4) is 5.75 Å². The minimum absolute atomic E-state index is 0.0551. The summed E-state index contributed by atoms with van der Waals surface area (Å²) in [6.07, 6.45) is 1.77. The van der Waals surface area contributed by atoms with Crippen LogP contribution in [-0.2, 0) is 10.2 Å². The lowest BCUT2D eigenvalue weighted by atomic mass is 10.2. The largest absolute Gasteiger partial charge is 0.495 e. The van der Waals surface area contributed by atoms with Gasteiger partial charge in [0.2, 0.25) is 0 Å². The molecule has 0 aliphatic heterocycles. The highest BCUT2D eigenvalue weighted by Crippen LogP contribution is 2.28. The highest BCUT2D eigenvalue weighted by molar-refractivity contribution is 7.90. The number of benzene rings is 1. The summed E-state index contributed by atoms with van der Waals surface area (Å²) in [6, 6.07) is 4.83. The van der Waals surface area contributed by atoms with E-state index in [0.717, 1.165) is 12.8 Å². The molecular formula is C10H15N3O3S. The molecule has 1 saturated carbocycles. The molecule has 17 heavy (non-hydrogen) atoms. The fourth-order valence-corrected chi connectivity index (χ4v) is 2.58. The number of rotatable bonds is 5. The summed E-state index contributed by atoms with van der Waals surface area (Å²) in [5, 5.41) is 0. The molecule has 1 aromatic carbocycles. The molecule has 1 aliphatic carbocycles. The first-order valence-electron chi connectivity index (χ1n) is 5.24. The topological polar surface area (TPSA) is 93.4 Å². The van der Waals surface area contributed by atoms with Crippen molar-refractivity contribution in [2.45, 2.75) is 18.9 Å². The maximum atomic E-state index is 11.7. The van der Waals surface area contributed by atoms with Crippen molar-refractivity contribution >= 4 is 21.6 Å². The Morgan fingerprint density at radius 3 is 2.71 bits per heavy atom. The van der Waals surface area contributed by atoms with Crippen molar-refractivity contribution < 1.29 is 13.2 Å². The third kappa shape index (κ3) is 3.24. The molecule has 0 aromatic heterocycles. The average Bonchev–Trinajstić information content (AvgIpc) is 3.00. The van der Waals surface area contributed by atoms with Crippen LogP contribution in [0.25, 0.3) is 0 Å². The lowest BCUT2D eigenvalue weighted by Gasteiger charge is -2.12. The Morgan fingerprint density at radius 2 is 2.12 bits per heavy atom. The maximum absolute atomic E-state index is 11.7. The molecule has 94 valence electrons. The second-order valence-corrected chi connectivity index (χ2v) is 5.40. The van der Waals surface area contributed by atoms with Gasteiger partial charge in [-0.2, -0.15) is 13.1 Å². The van der Waals surface area contributed by atoms with Gasteiger partial charge in [-0.3, -0.25) is 4.72 Å². The standard InChI is InChI=1S/C10H15N3O3S/c1-16-10-5-2-7(11)6-9(10)13-17(14,15)12-8-3-4-8/h2,5-6,8,12-13H,3-4,11H2,1H3. The molecule has 0 atom stereocenters. The lowest BCUT2D eigenvalue weighted by Crippen LogP contribution is -2.31. The Labute approximate surface area is 100 Å². The molecule has 0 heterocycles. The number of anilines is 2. The van der Waals surface area contributed by atoms with E-state index in [0.29, 0.717) is 17.1 Å². The van der Waals surface area contributed by atoms with E-state index in [9.17, 15) is 8.42 Å². The lowest BCUT2D eigenvalue weighted by molar-refractivity contribution is 0.417. The predicted octanol–water partition coefficient (Wildman–Crippen LogP) is 0.686. The number of nitrogens with two attached hydrogens (primary N) is 1. The molecule has 7 heteroatoms. The van der Waals surface area contributed by atoms with Crippen molar-refractivity contribution in [1.29, 1.82) is 0 Å².